The molecule has 0 aromatic heterocycles. The van der Waals surface area contributed by atoms with Gasteiger partial charge in [0.15, 0.2) is 0 Å². The van der Waals surface area contributed by atoms with E-state index in [9.17, 15) is 4.79 Å². The smallest absolute Gasteiger partial charge is 0.337 e. The molecule has 3 aromatic carbocycles. The molecule has 3 heteroatoms. The molecule has 3 aromatic rings. The second-order valence-electron chi connectivity index (χ2n) is 7.13. The summed E-state index contributed by atoms with van der Waals surface area (Å²) in [7, 11) is 1.41. The van der Waals surface area contributed by atoms with Crippen LogP contribution < -0.4 is 0 Å². The lowest BCUT2D eigenvalue weighted by molar-refractivity contribution is 0.0601. The summed E-state index contributed by atoms with van der Waals surface area (Å²) < 4.78 is 5.96. The highest BCUT2D eigenvalue weighted by Crippen LogP contribution is 2.45. The van der Waals surface area contributed by atoms with Gasteiger partial charge < -0.3 is 4.74 Å². The lowest BCUT2D eigenvalue weighted by Gasteiger charge is -2.36. The lowest BCUT2D eigenvalue weighted by atomic mass is 9.67. The summed E-state index contributed by atoms with van der Waals surface area (Å²) in [4.78, 5) is 11.8. The number of rotatable bonds is 1. The average Bonchev–Trinajstić information content (AvgIpc) is 2.61. The minimum atomic E-state index is -0.298. The van der Waals surface area contributed by atoms with Crippen LogP contribution in [0.15, 0.2) is 53.0 Å². The van der Waals surface area contributed by atoms with Crippen LogP contribution in [-0.4, -0.2) is 13.1 Å². The van der Waals surface area contributed by atoms with Gasteiger partial charge in [0.25, 0.3) is 0 Å². The molecule has 0 saturated carbocycles. The number of fused-ring (bicyclic) bond motifs is 4. The molecule has 126 valence electrons. The number of halogens is 1. The molecule has 1 aliphatic rings. The second kappa shape index (κ2) is 5.70. The van der Waals surface area contributed by atoms with E-state index in [0.717, 1.165) is 16.3 Å². The minimum absolute atomic E-state index is 0.0982. The third-order valence-electron chi connectivity index (χ3n) is 5.28. The molecule has 0 unspecified atom stereocenters. The highest BCUT2D eigenvalue weighted by molar-refractivity contribution is 9.10. The van der Waals surface area contributed by atoms with Gasteiger partial charge in [-0.3, -0.25) is 0 Å². The van der Waals surface area contributed by atoms with Crippen LogP contribution in [0.1, 0.15) is 46.5 Å². The van der Waals surface area contributed by atoms with Gasteiger partial charge in [-0.25, -0.2) is 4.79 Å². The Morgan fingerprint density at radius 2 is 1.80 bits per heavy atom. The van der Waals surface area contributed by atoms with E-state index >= 15 is 0 Å². The van der Waals surface area contributed by atoms with Crippen molar-refractivity contribution in [2.75, 3.05) is 7.11 Å². The molecule has 0 atom stereocenters. The summed E-state index contributed by atoms with van der Waals surface area (Å²) in [6.07, 6.45) is 0.941. The second-order valence-corrected chi connectivity index (χ2v) is 8.05. The van der Waals surface area contributed by atoms with Gasteiger partial charge in [0.2, 0.25) is 0 Å². The highest BCUT2D eigenvalue weighted by atomic mass is 79.9. The van der Waals surface area contributed by atoms with E-state index < -0.39 is 0 Å². The maximum atomic E-state index is 11.8. The van der Waals surface area contributed by atoms with E-state index in [0.29, 0.717) is 5.56 Å². The zero-order valence-electron chi connectivity index (χ0n) is 14.5. The number of ether oxygens (including phenoxy) is 1. The summed E-state index contributed by atoms with van der Waals surface area (Å²) in [5.41, 5.74) is 5.95. The number of esters is 1. The first-order valence-electron chi connectivity index (χ1n) is 8.35. The fraction of sp³-hybridized carbons (Fsp3) is 0.227. The molecule has 0 radical (unpaired) electrons. The number of hydrogen-bond acceptors (Lipinski definition) is 2. The van der Waals surface area contributed by atoms with Gasteiger partial charge in [0.05, 0.1) is 12.7 Å². The molecular formula is C22H19BrO2. The van der Waals surface area contributed by atoms with Crippen LogP contribution in [0.4, 0.5) is 0 Å². The van der Waals surface area contributed by atoms with Crippen LogP contribution >= 0.6 is 15.9 Å². The normalized spacial score (nSPS) is 14.7. The Hall–Kier alpha value is -2.13. The number of methoxy groups -OCH3 is 1. The van der Waals surface area contributed by atoms with Crippen molar-refractivity contribution in [3.05, 3.63) is 80.8 Å². The van der Waals surface area contributed by atoms with E-state index in [1.165, 1.54) is 34.7 Å². The molecule has 0 fully saturated rings. The summed E-state index contributed by atoms with van der Waals surface area (Å²) >= 11 is 3.61. The van der Waals surface area contributed by atoms with E-state index in [-0.39, 0.29) is 11.4 Å². The molecule has 2 nitrogen and oxygen atoms in total. The molecule has 1 aliphatic carbocycles. The number of carbonyl (C=O) groups excluding carboxylic acids is 1. The summed E-state index contributed by atoms with van der Waals surface area (Å²) in [5, 5.41) is 2.29. The van der Waals surface area contributed by atoms with Crippen LogP contribution in [0.5, 0.6) is 0 Å². The predicted octanol–water partition coefficient (Wildman–Crippen LogP) is 5.62. The maximum absolute atomic E-state index is 11.8. The van der Waals surface area contributed by atoms with Gasteiger partial charge in [-0.15, -0.1) is 0 Å². The summed E-state index contributed by atoms with van der Waals surface area (Å²) in [5.74, 6) is -0.298. The molecule has 25 heavy (non-hydrogen) atoms. The van der Waals surface area contributed by atoms with Gasteiger partial charge >= 0.3 is 5.97 Å². The minimum Gasteiger partial charge on any atom is -0.465 e. The molecule has 0 amide bonds. The Labute approximate surface area is 155 Å². The zero-order valence-corrected chi connectivity index (χ0v) is 16.1. The SMILES string of the molecule is COC(=O)c1ccc2c3c(ccc2c1)Cc1ccc(Br)cc1C3(C)C. The van der Waals surface area contributed by atoms with Crippen molar-refractivity contribution in [3.8, 4) is 0 Å². The van der Waals surface area contributed by atoms with Crippen LogP contribution in [-0.2, 0) is 16.6 Å². The van der Waals surface area contributed by atoms with Gasteiger partial charge in [0, 0.05) is 9.89 Å². The molecule has 0 spiro atoms. The van der Waals surface area contributed by atoms with Gasteiger partial charge in [0.1, 0.15) is 0 Å². The van der Waals surface area contributed by atoms with Crippen molar-refractivity contribution in [1.82, 2.24) is 0 Å². The van der Waals surface area contributed by atoms with Crippen molar-refractivity contribution in [2.24, 2.45) is 0 Å². The number of hydrogen-bond donors (Lipinski definition) is 0. The summed E-state index contributed by atoms with van der Waals surface area (Å²) in [6.45, 7) is 4.56. The van der Waals surface area contributed by atoms with Gasteiger partial charge in [-0.2, -0.15) is 0 Å². The Kier molecular flexibility index (Phi) is 3.73. The third kappa shape index (κ3) is 2.49. The molecule has 0 saturated heterocycles. The van der Waals surface area contributed by atoms with E-state index in [2.05, 4.69) is 66.2 Å². The van der Waals surface area contributed by atoms with Crippen molar-refractivity contribution < 1.29 is 9.53 Å². The first-order valence-corrected chi connectivity index (χ1v) is 9.14. The Bertz CT molecular complexity index is 1020. The van der Waals surface area contributed by atoms with Crippen molar-refractivity contribution >= 4 is 32.7 Å². The van der Waals surface area contributed by atoms with E-state index in [1.807, 2.05) is 12.1 Å². The van der Waals surface area contributed by atoms with Crippen LogP contribution in [0, 0.1) is 0 Å². The quantitative estimate of drug-likeness (QED) is 0.500. The van der Waals surface area contributed by atoms with Crippen LogP contribution in [0.3, 0.4) is 0 Å². The number of carbonyl (C=O) groups is 1. The highest BCUT2D eigenvalue weighted by Gasteiger charge is 2.34. The fourth-order valence-corrected chi connectivity index (χ4v) is 4.49. The van der Waals surface area contributed by atoms with Crippen LogP contribution in [0.2, 0.25) is 0 Å². The summed E-state index contributed by atoms with van der Waals surface area (Å²) in [6, 6.07) is 16.7. The van der Waals surface area contributed by atoms with Crippen molar-refractivity contribution in [2.45, 2.75) is 25.7 Å². The largest absolute Gasteiger partial charge is 0.465 e. The zero-order chi connectivity index (χ0) is 17.8. The molecular weight excluding hydrogens is 376 g/mol. The first kappa shape index (κ1) is 16.3. The predicted molar refractivity (Wildman–Crippen MR) is 104 cm³/mol. The Morgan fingerprint density at radius 3 is 2.56 bits per heavy atom. The lowest BCUT2D eigenvalue weighted by Crippen LogP contribution is -2.27. The maximum Gasteiger partial charge on any atom is 0.337 e. The van der Waals surface area contributed by atoms with E-state index in [4.69, 9.17) is 4.74 Å². The topological polar surface area (TPSA) is 26.3 Å². The molecule has 0 aliphatic heterocycles. The third-order valence-corrected chi connectivity index (χ3v) is 5.77. The molecule has 0 bridgehead atoms. The average molecular weight is 395 g/mol. The van der Waals surface area contributed by atoms with E-state index in [1.54, 1.807) is 0 Å². The monoisotopic (exact) mass is 394 g/mol. The first-order chi connectivity index (χ1) is 11.9. The van der Waals surface area contributed by atoms with Crippen molar-refractivity contribution in [1.29, 1.82) is 0 Å². The fourth-order valence-electron chi connectivity index (χ4n) is 4.13. The van der Waals surface area contributed by atoms with Gasteiger partial charge in [-0.1, -0.05) is 54.0 Å². The molecule has 0 heterocycles. The molecule has 4 rings (SSSR count). The standard InChI is InChI=1S/C22H19BrO2/c1-22(2)19-12-17(23)8-6-14(19)11-15-5-4-13-10-16(21(24)25-3)7-9-18(13)20(15)22/h4-10,12H,11H2,1-3H3. The van der Waals surface area contributed by atoms with Crippen LogP contribution in [0.25, 0.3) is 10.8 Å². The Balaban J connectivity index is 1.97. The molecule has 0 N–H and O–H groups in total. The Morgan fingerprint density at radius 1 is 1.04 bits per heavy atom. The number of benzene rings is 3. The van der Waals surface area contributed by atoms with Crippen molar-refractivity contribution in [3.63, 3.8) is 0 Å². The van der Waals surface area contributed by atoms with Gasteiger partial charge in [-0.05, 0) is 63.7 Å².